The fourth-order valence-electron chi connectivity index (χ4n) is 4.50. The molecule has 0 aliphatic heterocycles. The van der Waals surface area contributed by atoms with Crippen molar-refractivity contribution in [1.29, 1.82) is 0 Å². The Morgan fingerprint density at radius 1 is 0.467 bits per heavy atom. The van der Waals surface area contributed by atoms with Crippen LogP contribution in [0.5, 0.6) is 0 Å². The number of hydrogen-bond acceptors (Lipinski definition) is 0. The van der Waals surface area contributed by atoms with Gasteiger partial charge in [0.15, 0.2) is 0 Å². The molecule has 15 heavy (non-hydrogen) atoms. The minimum Gasteiger partial charge on any atom is -0.0533 e. The van der Waals surface area contributed by atoms with Crippen molar-refractivity contribution < 1.29 is 0 Å². The zero-order valence-electron chi connectivity index (χ0n) is 10.1. The lowest BCUT2D eigenvalue weighted by Gasteiger charge is -2.34. The van der Waals surface area contributed by atoms with Crippen molar-refractivity contribution in [1.82, 2.24) is 0 Å². The van der Waals surface area contributed by atoms with E-state index in [-0.39, 0.29) is 0 Å². The van der Waals surface area contributed by atoms with Crippen LogP contribution in [-0.2, 0) is 0 Å². The Balaban J connectivity index is 1.65. The molecule has 1 atom stereocenters. The summed E-state index contributed by atoms with van der Waals surface area (Å²) in [5.74, 6) is 4.65. The molecule has 0 amide bonds. The molecule has 0 heterocycles. The van der Waals surface area contributed by atoms with E-state index in [9.17, 15) is 0 Å². The molecule has 0 nitrogen and oxygen atoms in total. The molecule has 0 aromatic heterocycles. The molecule has 0 radical (unpaired) electrons. The Morgan fingerprint density at radius 3 is 1.33 bits per heavy atom. The van der Waals surface area contributed by atoms with E-state index in [1.54, 1.807) is 64.2 Å². The highest BCUT2D eigenvalue weighted by Crippen LogP contribution is 2.51. The third kappa shape index (κ3) is 2.24. The van der Waals surface area contributed by atoms with Gasteiger partial charge in [-0.2, -0.15) is 0 Å². The van der Waals surface area contributed by atoms with E-state index in [4.69, 9.17) is 0 Å². The summed E-state index contributed by atoms with van der Waals surface area (Å²) in [7, 11) is 0. The molecule has 0 bridgehead atoms. The van der Waals surface area contributed by atoms with Crippen LogP contribution in [0.15, 0.2) is 0 Å². The molecular formula is C15H26. The second-order valence-electron chi connectivity index (χ2n) is 6.36. The minimum absolute atomic E-state index is 1.15. The van der Waals surface area contributed by atoms with Crippen LogP contribution in [0.1, 0.15) is 70.6 Å². The summed E-state index contributed by atoms with van der Waals surface area (Å²) in [6.45, 7) is 0. The van der Waals surface area contributed by atoms with Crippen LogP contribution < -0.4 is 0 Å². The zero-order valence-corrected chi connectivity index (χ0v) is 10.1. The zero-order chi connectivity index (χ0) is 10.1. The monoisotopic (exact) mass is 206 g/mol. The molecule has 0 saturated heterocycles. The molecule has 3 rings (SSSR count). The third-order valence-electron chi connectivity index (χ3n) is 5.30. The summed E-state index contributed by atoms with van der Waals surface area (Å²) in [5, 5.41) is 0. The van der Waals surface area contributed by atoms with Gasteiger partial charge in [0.1, 0.15) is 0 Å². The minimum atomic E-state index is 1.15. The van der Waals surface area contributed by atoms with Gasteiger partial charge in [-0.25, -0.2) is 0 Å². The molecule has 0 aromatic carbocycles. The summed E-state index contributed by atoms with van der Waals surface area (Å²) >= 11 is 0. The van der Waals surface area contributed by atoms with Crippen molar-refractivity contribution >= 4 is 0 Å². The maximum atomic E-state index is 1.58. The summed E-state index contributed by atoms with van der Waals surface area (Å²) in [4.78, 5) is 0. The highest BCUT2D eigenvalue weighted by atomic mass is 14.5. The molecule has 0 aromatic rings. The highest BCUT2D eigenvalue weighted by molar-refractivity contribution is 4.92. The fourth-order valence-corrected chi connectivity index (χ4v) is 4.50. The average molecular weight is 206 g/mol. The first kappa shape index (κ1) is 10.2. The quantitative estimate of drug-likeness (QED) is 0.623. The van der Waals surface area contributed by atoms with E-state index in [1.165, 1.54) is 18.3 Å². The topological polar surface area (TPSA) is 0 Å². The molecular weight excluding hydrogens is 180 g/mol. The van der Waals surface area contributed by atoms with Crippen molar-refractivity contribution in [3.63, 3.8) is 0 Å². The van der Waals surface area contributed by atoms with Gasteiger partial charge in [-0.05, 0) is 36.5 Å². The highest BCUT2D eigenvalue weighted by Gasteiger charge is 2.41. The van der Waals surface area contributed by atoms with E-state index in [0.29, 0.717) is 0 Å². The van der Waals surface area contributed by atoms with Crippen molar-refractivity contribution in [2.45, 2.75) is 70.6 Å². The Bertz CT molecular complexity index is 192. The van der Waals surface area contributed by atoms with Crippen molar-refractivity contribution in [2.24, 2.45) is 23.7 Å². The second kappa shape index (κ2) is 4.47. The Kier molecular flexibility index (Phi) is 3.03. The maximum absolute atomic E-state index is 1.58. The van der Waals surface area contributed by atoms with E-state index in [2.05, 4.69) is 0 Å². The van der Waals surface area contributed by atoms with Gasteiger partial charge in [0.25, 0.3) is 0 Å². The molecule has 0 spiro atoms. The molecule has 0 N–H and O–H groups in total. The standard InChI is InChI=1S/C15H26/c1-2-6-12(7-3-1)15(14-10-11-14)13-8-4-5-9-13/h12-15H,1-11H2. The Labute approximate surface area is 94.8 Å². The lowest BCUT2D eigenvalue weighted by Crippen LogP contribution is -2.26. The van der Waals surface area contributed by atoms with Crippen LogP contribution >= 0.6 is 0 Å². The molecule has 0 heteroatoms. The lowest BCUT2D eigenvalue weighted by atomic mass is 9.71. The van der Waals surface area contributed by atoms with Gasteiger partial charge in [-0.3, -0.25) is 0 Å². The Morgan fingerprint density at radius 2 is 0.867 bits per heavy atom. The van der Waals surface area contributed by atoms with Crippen LogP contribution in [0.3, 0.4) is 0 Å². The number of rotatable bonds is 3. The van der Waals surface area contributed by atoms with Gasteiger partial charge < -0.3 is 0 Å². The maximum Gasteiger partial charge on any atom is -0.0329 e. The molecule has 1 unspecified atom stereocenters. The second-order valence-corrected chi connectivity index (χ2v) is 6.36. The van der Waals surface area contributed by atoms with E-state index < -0.39 is 0 Å². The van der Waals surface area contributed by atoms with Crippen molar-refractivity contribution in [2.75, 3.05) is 0 Å². The van der Waals surface area contributed by atoms with E-state index >= 15 is 0 Å². The molecule has 3 aliphatic carbocycles. The first-order chi connectivity index (χ1) is 7.45. The van der Waals surface area contributed by atoms with E-state index in [0.717, 1.165) is 11.8 Å². The smallest absolute Gasteiger partial charge is 0.0329 e. The largest absolute Gasteiger partial charge is 0.0533 e. The van der Waals surface area contributed by atoms with Gasteiger partial charge in [-0.1, -0.05) is 57.8 Å². The Hall–Kier alpha value is 0. The lowest BCUT2D eigenvalue weighted by molar-refractivity contribution is 0.155. The molecule has 3 saturated carbocycles. The third-order valence-corrected chi connectivity index (χ3v) is 5.30. The summed E-state index contributed by atoms with van der Waals surface area (Å²) in [5.41, 5.74) is 0. The van der Waals surface area contributed by atoms with Gasteiger partial charge >= 0.3 is 0 Å². The van der Waals surface area contributed by atoms with Crippen molar-refractivity contribution in [3.8, 4) is 0 Å². The van der Waals surface area contributed by atoms with Crippen molar-refractivity contribution in [3.05, 3.63) is 0 Å². The molecule has 86 valence electrons. The summed E-state index contributed by atoms with van der Waals surface area (Å²) in [6.07, 6.45) is 17.2. The number of hydrogen-bond donors (Lipinski definition) is 0. The predicted octanol–water partition coefficient (Wildman–Crippen LogP) is 4.78. The first-order valence-electron chi connectivity index (χ1n) is 7.45. The van der Waals surface area contributed by atoms with Gasteiger partial charge in [0, 0.05) is 0 Å². The van der Waals surface area contributed by atoms with Gasteiger partial charge in [-0.15, -0.1) is 0 Å². The van der Waals surface area contributed by atoms with Crippen LogP contribution in [0.25, 0.3) is 0 Å². The van der Waals surface area contributed by atoms with Crippen LogP contribution in [-0.4, -0.2) is 0 Å². The van der Waals surface area contributed by atoms with E-state index in [1.807, 2.05) is 0 Å². The van der Waals surface area contributed by atoms with Gasteiger partial charge in [0.2, 0.25) is 0 Å². The molecule has 3 fully saturated rings. The van der Waals surface area contributed by atoms with Crippen LogP contribution in [0, 0.1) is 23.7 Å². The SMILES string of the molecule is C1CCC(C(C2CCCC2)C2CC2)CC1. The fraction of sp³-hybridized carbons (Fsp3) is 1.00. The van der Waals surface area contributed by atoms with Crippen LogP contribution in [0.4, 0.5) is 0 Å². The normalized spacial score (nSPS) is 32.0. The average Bonchev–Trinajstić information content (AvgIpc) is 2.96. The van der Waals surface area contributed by atoms with Gasteiger partial charge in [0.05, 0.1) is 0 Å². The summed E-state index contributed by atoms with van der Waals surface area (Å²) < 4.78 is 0. The summed E-state index contributed by atoms with van der Waals surface area (Å²) in [6, 6.07) is 0. The first-order valence-corrected chi connectivity index (χ1v) is 7.45. The molecule has 3 aliphatic rings. The predicted molar refractivity (Wildman–Crippen MR) is 64.7 cm³/mol. The van der Waals surface area contributed by atoms with Crippen LogP contribution in [0.2, 0.25) is 0 Å².